The highest BCUT2D eigenvalue weighted by Crippen LogP contribution is 2.40. The molecule has 0 saturated carbocycles. The number of aliphatic hydroxyl groups is 2. The van der Waals surface area contributed by atoms with Crippen molar-refractivity contribution in [3.8, 4) is 0 Å². The van der Waals surface area contributed by atoms with Gasteiger partial charge >= 0.3 is 0 Å². The summed E-state index contributed by atoms with van der Waals surface area (Å²) in [7, 11) is 0. The third-order valence-corrected chi connectivity index (χ3v) is 4.06. The van der Waals surface area contributed by atoms with Crippen LogP contribution in [0.25, 0.3) is 0 Å². The molecule has 1 rings (SSSR count). The first kappa shape index (κ1) is 14.5. The Hall–Kier alpha value is -0.600. The minimum Gasteiger partial charge on any atom is -0.396 e. The Morgan fingerprint density at radius 2 is 2.06 bits per heavy atom. The van der Waals surface area contributed by atoms with Crippen LogP contribution in [0.3, 0.4) is 0 Å². The van der Waals surface area contributed by atoms with Gasteiger partial charge in [0.25, 0.3) is 0 Å². The molecule has 1 atom stereocenters. The van der Waals surface area contributed by atoms with Crippen LogP contribution >= 0.6 is 0 Å². The van der Waals surface area contributed by atoms with Gasteiger partial charge in [-0.2, -0.15) is 0 Å². The molecule has 1 aliphatic rings. The summed E-state index contributed by atoms with van der Waals surface area (Å²) >= 11 is 0. The molecule has 0 amide bonds. The molecule has 2 N–H and O–H groups in total. The quantitative estimate of drug-likeness (QED) is 0.723. The molecule has 0 unspecified atom stereocenters. The Morgan fingerprint density at radius 1 is 1.41 bits per heavy atom. The van der Waals surface area contributed by atoms with E-state index in [-0.39, 0.29) is 18.6 Å². The molecule has 0 heterocycles. The van der Waals surface area contributed by atoms with Crippen LogP contribution in [0.2, 0.25) is 0 Å². The number of hydrogen-bond donors (Lipinski definition) is 2. The summed E-state index contributed by atoms with van der Waals surface area (Å²) in [6.07, 6.45) is 8.54. The van der Waals surface area contributed by atoms with Crippen molar-refractivity contribution in [2.24, 2.45) is 11.3 Å². The Kier molecular flexibility index (Phi) is 5.41. The van der Waals surface area contributed by atoms with E-state index in [4.69, 9.17) is 0 Å². The topological polar surface area (TPSA) is 40.5 Å². The van der Waals surface area contributed by atoms with Crippen molar-refractivity contribution in [1.29, 1.82) is 0 Å². The monoisotopic (exact) mass is 238 g/mol. The second-order valence-corrected chi connectivity index (χ2v) is 5.67. The molecule has 0 radical (unpaired) electrons. The highest BCUT2D eigenvalue weighted by molar-refractivity contribution is 5.13. The van der Waals surface area contributed by atoms with Gasteiger partial charge in [0.1, 0.15) is 0 Å². The smallest absolute Gasteiger partial charge is 0.0515 e. The Labute approximate surface area is 105 Å². The molecular weight excluding hydrogens is 212 g/mol. The highest BCUT2D eigenvalue weighted by Gasteiger charge is 2.36. The summed E-state index contributed by atoms with van der Waals surface area (Å²) in [6, 6.07) is 0. The second-order valence-electron chi connectivity index (χ2n) is 5.67. The summed E-state index contributed by atoms with van der Waals surface area (Å²) in [5.41, 5.74) is 2.56. The first-order valence-corrected chi connectivity index (χ1v) is 6.57. The van der Waals surface area contributed by atoms with Crippen molar-refractivity contribution in [3.63, 3.8) is 0 Å². The van der Waals surface area contributed by atoms with E-state index in [1.807, 2.05) is 0 Å². The van der Waals surface area contributed by atoms with Crippen LogP contribution in [0.1, 0.15) is 46.5 Å². The summed E-state index contributed by atoms with van der Waals surface area (Å²) in [4.78, 5) is 0. The third-order valence-electron chi connectivity index (χ3n) is 4.06. The molecule has 0 fully saturated rings. The van der Waals surface area contributed by atoms with Crippen molar-refractivity contribution < 1.29 is 10.2 Å². The summed E-state index contributed by atoms with van der Waals surface area (Å²) in [5, 5.41) is 18.9. The summed E-state index contributed by atoms with van der Waals surface area (Å²) in [5.74, 6) is 0.365. The number of allylic oxidation sites excluding steroid dienone is 4. The molecule has 0 aromatic rings. The van der Waals surface area contributed by atoms with Crippen LogP contribution in [-0.2, 0) is 0 Å². The van der Waals surface area contributed by atoms with Gasteiger partial charge in [0.2, 0.25) is 0 Å². The summed E-state index contributed by atoms with van der Waals surface area (Å²) in [6.45, 7) is 6.56. The van der Waals surface area contributed by atoms with E-state index in [9.17, 15) is 10.2 Å². The van der Waals surface area contributed by atoms with Gasteiger partial charge in [0.05, 0.1) is 13.2 Å². The lowest BCUT2D eigenvalue weighted by molar-refractivity contribution is 0.00703. The summed E-state index contributed by atoms with van der Waals surface area (Å²) < 4.78 is 0. The first-order valence-electron chi connectivity index (χ1n) is 6.57. The van der Waals surface area contributed by atoms with Gasteiger partial charge in [-0.15, -0.1) is 0 Å². The molecule has 0 saturated heterocycles. The van der Waals surface area contributed by atoms with Gasteiger partial charge in [-0.1, -0.05) is 30.2 Å². The molecule has 0 spiro atoms. The van der Waals surface area contributed by atoms with E-state index in [0.717, 1.165) is 25.7 Å². The van der Waals surface area contributed by atoms with Gasteiger partial charge in [0.15, 0.2) is 0 Å². The minimum absolute atomic E-state index is 0.0857. The average Bonchev–Trinajstić information content (AvgIpc) is 2.30. The fourth-order valence-electron chi connectivity index (χ4n) is 2.48. The number of aliphatic hydroxyl groups excluding tert-OH is 2. The van der Waals surface area contributed by atoms with Crippen molar-refractivity contribution in [1.82, 2.24) is 0 Å². The van der Waals surface area contributed by atoms with Crippen molar-refractivity contribution >= 4 is 0 Å². The predicted molar refractivity (Wildman–Crippen MR) is 71.8 cm³/mol. The van der Waals surface area contributed by atoms with Crippen molar-refractivity contribution in [2.75, 3.05) is 13.2 Å². The van der Waals surface area contributed by atoms with Crippen LogP contribution in [0.4, 0.5) is 0 Å². The largest absolute Gasteiger partial charge is 0.396 e. The zero-order valence-electron chi connectivity index (χ0n) is 11.4. The lowest BCUT2D eigenvalue weighted by Crippen LogP contribution is -2.38. The van der Waals surface area contributed by atoms with Gasteiger partial charge in [-0.05, 0) is 45.4 Å². The van der Waals surface area contributed by atoms with Crippen LogP contribution in [0, 0.1) is 11.3 Å². The SMILES string of the molecule is CC(C)=CCCC1=CCC(CO)(CO)[C@@H](C)C1. The van der Waals surface area contributed by atoms with Gasteiger partial charge in [0, 0.05) is 5.41 Å². The lowest BCUT2D eigenvalue weighted by Gasteiger charge is -2.39. The zero-order chi connectivity index (χ0) is 12.9. The van der Waals surface area contributed by atoms with E-state index in [1.54, 1.807) is 0 Å². The molecule has 2 nitrogen and oxygen atoms in total. The van der Waals surface area contributed by atoms with Crippen LogP contribution in [-0.4, -0.2) is 23.4 Å². The maximum absolute atomic E-state index is 9.45. The van der Waals surface area contributed by atoms with E-state index < -0.39 is 0 Å². The molecule has 0 aliphatic heterocycles. The van der Waals surface area contributed by atoms with Gasteiger partial charge in [-0.25, -0.2) is 0 Å². The van der Waals surface area contributed by atoms with Gasteiger partial charge < -0.3 is 10.2 Å². The van der Waals surface area contributed by atoms with Crippen molar-refractivity contribution in [2.45, 2.75) is 46.5 Å². The first-order chi connectivity index (χ1) is 8.04. The molecular formula is C15H26O2. The average molecular weight is 238 g/mol. The maximum atomic E-state index is 9.45. The third kappa shape index (κ3) is 3.68. The molecule has 1 aliphatic carbocycles. The van der Waals surface area contributed by atoms with Crippen molar-refractivity contribution in [3.05, 3.63) is 23.3 Å². The Bertz CT molecular complexity index is 294. The predicted octanol–water partition coefficient (Wildman–Crippen LogP) is 3.06. The Morgan fingerprint density at radius 3 is 2.53 bits per heavy atom. The van der Waals surface area contributed by atoms with E-state index in [2.05, 4.69) is 32.9 Å². The highest BCUT2D eigenvalue weighted by atomic mass is 16.3. The number of rotatable bonds is 5. The normalized spacial score (nSPS) is 23.1. The number of hydrogen-bond acceptors (Lipinski definition) is 2. The maximum Gasteiger partial charge on any atom is 0.0515 e. The molecule has 17 heavy (non-hydrogen) atoms. The van der Waals surface area contributed by atoms with Crippen LogP contribution in [0.5, 0.6) is 0 Å². The molecule has 2 heteroatoms. The zero-order valence-corrected chi connectivity index (χ0v) is 11.4. The van der Waals surface area contributed by atoms with E-state index in [0.29, 0.717) is 5.92 Å². The fraction of sp³-hybridized carbons (Fsp3) is 0.733. The molecule has 0 aromatic heterocycles. The van der Waals surface area contributed by atoms with E-state index in [1.165, 1.54) is 11.1 Å². The molecule has 0 aromatic carbocycles. The van der Waals surface area contributed by atoms with Gasteiger partial charge in [-0.3, -0.25) is 0 Å². The standard InChI is InChI=1S/C15H26O2/c1-12(2)5-4-6-14-7-8-15(10-16,11-17)13(3)9-14/h5,7,13,16-17H,4,6,8-11H2,1-3H3/t13-/m0/s1. The van der Waals surface area contributed by atoms with Crippen LogP contribution in [0.15, 0.2) is 23.3 Å². The van der Waals surface area contributed by atoms with Crippen LogP contribution < -0.4 is 0 Å². The molecule has 0 bridgehead atoms. The lowest BCUT2D eigenvalue weighted by atomic mass is 9.68. The Balaban J connectivity index is 2.57. The fourth-order valence-corrected chi connectivity index (χ4v) is 2.48. The minimum atomic E-state index is -0.292. The second kappa shape index (κ2) is 6.36. The van der Waals surface area contributed by atoms with E-state index >= 15 is 0 Å². The molecule has 98 valence electrons.